The Labute approximate surface area is 108 Å². The van der Waals surface area contributed by atoms with Crippen molar-refractivity contribution in [3.8, 4) is 0 Å². The highest BCUT2D eigenvalue weighted by Gasteiger charge is 2.30. The van der Waals surface area contributed by atoms with Gasteiger partial charge in [0.2, 0.25) is 0 Å². The molecule has 2 nitrogen and oxygen atoms in total. The molecule has 0 aromatic rings. The standard InChI is InChI=1S/C15H32N2/c1-5-6-7-14(12-16)17(4)13-8-10-15(2,3)11-9-13/h13-14H,5-12,16H2,1-4H3. The summed E-state index contributed by atoms with van der Waals surface area (Å²) in [4.78, 5) is 2.57. The Morgan fingerprint density at radius 1 is 1.29 bits per heavy atom. The number of likely N-dealkylation sites (N-methyl/N-ethyl adjacent to an activating group) is 1. The van der Waals surface area contributed by atoms with Gasteiger partial charge in [-0.25, -0.2) is 0 Å². The molecular weight excluding hydrogens is 208 g/mol. The third-order valence-corrected chi connectivity index (χ3v) is 4.62. The average molecular weight is 240 g/mol. The van der Waals surface area contributed by atoms with Crippen molar-refractivity contribution in [2.24, 2.45) is 11.1 Å². The van der Waals surface area contributed by atoms with E-state index in [4.69, 9.17) is 5.73 Å². The first-order valence-electron chi connectivity index (χ1n) is 7.42. The van der Waals surface area contributed by atoms with E-state index in [1.54, 1.807) is 0 Å². The molecule has 0 heterocycles. The number of rotatable bonds is 6. The number of nitrogens with two attached hydrogens (primary N) is 1. The molecule has 1 rings (SSSR count). The monoisotopic (exact) mass is 240 g/mol. The molecule has 0 aromatic heterocycles. The zero-order valence-electron chi connectivity index (χ0n) is 12.3. The Bertz CT molecular complexity index is 203. The lowest BCUT2D eigenvalue weighted by Crippen LogP contribution is -2.46. The van der Waals surface area contributed by atoms with Crippen LogP contribution in [0.2, 0.25) is 0 Å². The minimum atomic E-state index is 0.568. The lowest BCUT2D eigenvalue weighted by Gasteiger charge is -2.41. The molecule has 0 amide bonds. The molecule has 0 aromatic carbocycles. The summed E-state index contributed by atoms with van der Waals surface area (Å²) >= 11 is 0. The fourth-order valence-electron chi connectivity index (χ4n) is 3.02. The van der Waals surface area contributed by atoms with Gasteiger partial charge in [-0.15, -0.1) is 0 Å². The van der Waals surface area contributed by atoms with E-state index in [1.807, 2.05) is 0 Å². The molecule has 1 aliphatic rings. The van der Waals surface area contributed by atoms with Crippen LogP contribution >= 0.6 is 0 Å². The Morgan fingerprint density at radius 2 is 1.88 bits per heavy atom. The molecule has 2 N–H and O–H groups in total. The van der Waals surface area contributed by atoms with Crippen molar-refractivity contribution in [1.82, 2.24) is 4.90 Å². The number of hydrogen-bond acceptors (Lipinski definition) is 2. The number of hydrogen-bond donors (Lipinski definition) is 1. The smallest absolute Gasteiger partial charge is 0.0218 e. The molecule has 1 atom stereocenters. The second-order valence-corrected chi connectivity index (χ2v) is 6.59. The first-order chi connectivity index (χ1) is 8.00. The van der Waals surface area contributed by atoms with Gasteiger partial charge >= 0.3 is 0 Å². The molecule has 0 radical (unpaired) electrons. The quantitative estimate of drug-likeness (QED) is 0.771. The van der Waals surface area contributed by atoms with Crippen LogP contribution in [0.15, 0.2) is 0 Å². The van der Waals surface area contributed by atoms with E-state index in [1.165, 1.54) is 44.9 Å². The predicted octanol–water partition coefficient (Wildman–Crippen LogP) is 3.40. The highest BCUT2D eigenvalue weighted by molar-refractivity contribution is 4.85. The highest BCUT2D eigenvalue weighted by Crippen LogP contribution is 2.37. The number of unbranched alkanes of at least 4 members (excludes halogenated alkanes) is 1. The largest absolute Gasteiger partial charge is 0.329 e. The molecule has 102 valence electrons. The van der Waals surface area contributed by atoms with Crippen LogP contribution in [0.5, 0.6) is 0 Å². The fraction of sp³-hybridized carbons (Fsp3) is 1.00. The maximum absolute atomic E-state index is 5.93. The summed E-state index contributed by atoms with van der Waals surface area (Å²) in [6.07, 6.45) is 9.30. The van der Waals surface area contributed by atoms with Gasteiger partial charge in [0.15, 0.2) is 0 Å². The molecule has 0 spiro atoms. The second-order valence-electron chi connectivity index (χ2n) is 6.59. The second kappa shape index (κ2) is 6.75. The van der Waals surface area contributed by atoms with Crippen molar-refractivity contribution in [2.45, 2.75) is 77.8 Å². The van der Waals surface area contributed by atoms with Gasteiger partial charge in [-0.1, -0.05) is 33.6 Å². The molecule has 1 unspecified atom stereocenters. The maximum Gasteiger partial charge on any atom is 0.0218 e. The van der Waals surface area contributed by atoms with Gasteiger partial charge in [-0.3, -0.25) is 4.90 Å². The fourth-order valence-corrected chi connectivity index (χ4v) is 3.02. The SMILES string of the molecule is CCCCC(CN)N(C)C1CCC(C)(C)CC1. The molecular formula is C15H32N2. The predicted molar refractivity (Wildman–Crippen MR) is 76.2 cm³/mol. The van der Waals surface area contributed by atoms with Gasteiger partial charge in [0.1, 0.15) is 0 Å². The summed E-state index contributed by atoms with van der Waals surface area (Å²) in [5.74, 6) is 0. The molecule has 0 aliphatic heterocycles. The van der Waals surface area contributed by atoms with Crippen LogP contribution in [0.1, 0.15) is 65.7 Å². The minimum absolute atomic E-state index is 0.568. The lowest BCUT2D eigenvalue weighted by atomic mass is 9.75. The van der Waals surface area contributed by atoms with E-state index in [0.29, 0.717) is 11.5 Å². The van der Waals surface area contributed by atoms with Gasteiger partial charge in [0.25, 0.3) is 0 Å². The van der Waals surface area contributed by atoms with E-state index < -0.39 is 0 Å². The summed E-state index contributed by atoms with van der Waals surface area (Å²) in [7, 11) is 2.29. The van der Waals surface area contributed by atoms with Crippen molar-refractivity contribution < 1.29 is 0 Å². The average Bonchev–Trinajstić information content (AvgIpc) is 2.29. The van der Waals surface area contributed by atoms with E-state index in [9.17, 15) is 0 Å². The van der Waals surface area contributed by atoms with Crippen LogP contribution in [0.25, 0.3) is 0 Å². The van der Waals surface area contributed by atoms with E-state index in [2.05, 4.69) is 32.7 Å². The third kappa shape index (κ3) is 4.59. The minimum Gasteiger partial charge on any atom is -0.329 e. The van der Waals surface area contributed by atoms with Crippen molar-refractivity contribution in [3.05, 3.63) is 0 Å². The summed E-state index contributed by atoms with van der Waals surface area (Å²) in [6.45, 7) is 7.88. The van der Waals surface area contributed by atoms with Gasteiger partial charge in [-0.2, -0.15) is 0 Å². The zero-order valence-corrected chi connectivity index (χ0v) is 12.3. The van der Waals surface area contributed by atoms with Gasteiger partial charge in [0, 0.05) is 18.6 Å². The maximum atomic E-state index is 5.93. The first-order valence-corrected chi connectivity index (χ1v) is 7.42. The molecule has 0 bridgehead atoms. The molecule has 1 saturated carbocycles. The Hall–Kier alpha value is -0.0800. The topological polar surface area (TPSA) is 29.3 Å². The molecule has 0 saturated heterocycles. The normalized spacial score (nSPS) is 22.9. The van der Waals surface area contributed by atoms with Crippen LogP contribution in [0.4, 0.5) is 0 Å². The number of nitrogens with zero attached hydrogens (tertiary/aromatic N) is 1. The molecule has 1 aliphatic carbocycles. The summed E-state index contributed by atoms with van der Waals surface area (Å²) < 4.78 is 0. The summed E-state index contributed by atoms with van der Waals surface area (Å²) in [5.41, 5.74) is 6.50. The van der Waals surface area contributed by atoms with E-state index >= 15 is 0 Å². The summed E-state index contributed by atoms with van der Waals surface area (Å²) in [6, 6.07) is 1.37. The van der Waals surface area contributed by atoms with Gasteiger partial charge in [-0.05, 0) is 44.6 Å². The Balaban J connectivity index is 2.43. The van der Waals surface area contributed by atoms with Crippen LogP contribution < -0.4 is 5.73 Å². The van der Waals surface area contributed by atoms with Gasteiger partial charge < -0.3 is 5.73 Å². The van der Waals surface area contributed by atoms with Crippen LogP contribution in [0, 0.1) is 5.41 Å². The van der Waals surface area contributed by atoms with Crippen molar-refractivity contribution in [3.63, 3.8) is 0 Å². The third-order valence-electron chi connectivity index (χ3n) is 4.62. The van der Waals surface area contributed by atoms with Crippen molar-refractivity contribution >= 4 is 0 Å². The first kappa shape index (κ1) is 15.0. The Morgan fingerprint density at radius 3 is 2.35 bits per heavy atom. The lowest BCUT2D eigenvalue weighted by molar-refractivity contribution is 0.0924. The van der Waals surface area contributed by atoms with Crippen LogP contribution in [0.3, 0.4) is 0 Å². The zero-order chi connectivity index (χ0) is 12.9. The molecule has 2 heteroatoms. The van der Waals surface area contributed by atoms with Crippen LogP contribution in [-0.4, -0.2) is 30.6 Å². The van der Waals surface area contributed by atoms with Gasteiger partial charge in [0.05, 0.1) is 0 Å². The summed E-state index contributed by atoms with van der Waals surface area (Å²) in [5, 5.41) is 0. The van der Waals surface area contributed by atoms with E-state index in [-0.39, 0.29) is 0 Å². The highest BCUT2D eigenvalue weighted by atomic mass is 15.2. The van der Waals surface area contributed by atoms with Crippen LogP contribution in [-0.2, 0) is 0 Å². The molecule has 17 heavy (non-hydrogen) atoms. The Kier molecular flexibility index (Phi) is 5.94. The molecule has 1 fully saturated rings. The van der Waals surface area contributed by atoms with Crippen molar-refractivity contribution in [1.29, 1.82) is 0 Å². The van der Waals surface area contributed by atoms with E-state index in [0.717, 1.165) is 12.6 Å². The van der Waals surface area contributed by atoms with Crippen molar-refractivity contribution in [2.75, 3.05) is 13.6 Å².